The maximum atomic E-state index is 5.26. The minimum absolute atomic E-state index is 0.633. The maximum Gasteiger partial charge on any atom is 0.164 e. The topological polar surface area (TPSA) is 38.7 Å². The zero-order valence-corrected chi connectivity index (χ0v) is 33.7. The maximum absolute atomic E-state index is 5.26. The SMILES string of the molecule is c1ccc(-c2cccc(-c3nc(-c4ccccc4)nc(-c4ccc(-c5c6ccccc6c(-c6cc7ccccc7c7ccccc67)c6ccccc56)c5ccccc45)n3)c2)cc1. The summed E-state index contributed by atoms with van der Waals surface area (Å²) in [6.07, 6.45) is 0. The highest BCUT2D eigenvalue weighted by Gasteiger charge is 2.22. The Morgan fingerprint density at radius 1 is 0.210 bits per heavy atom. The second kappa shape index (κ2) is 14.8. The third-order valence-corrected chi connectivity index (χ3v) is 12.3. The fraction of sp³-hybridized carbons (Fsp3) is 0. The minimum atomic E-state index is 0.633. The van der Waals surface area contributed by atoms with Crippen LogP contribution in [-0.2, 0) is 0 Å². The lowest BCUT2D eigenvalue weighted by Crippen LogP contribution is -2.01. The van der Waals surface area contributed by atoms with Crippen LogP contribution in [0, 0.1) is 0 Å². The van der Waals surface area contributed by atoms with Crippen molar-refractivity contribution < 1.29 is 0 Å². The van der Waals surface area contributed by atoms with Crippen LogP contribution in [0.15, 0.2) is 224 Å². The molecular weight excluding hydrogens is 751 g/mol. The van der Waals surface area contributed by atoms with Crippen molar-refractivity contribution in [2.45, 2.75) is 0 Å². The lowest BCUT2D eigenvalue weighted by molar-refractivity contribution is 1.08. The summed E-state index contributed by atoms with van der Waals surface area (Å²) in [5.41, 5.74) is 9.97. The quantitative estimate of drug-likeness (QED) is 0.124. The summed E-state index contributed by atoms with van der Waals surface area (Å²) < 4.78 is 0. The van der Waals surface area contributed by atoms with E-state index in [4.69, 9.17) is 15.0 Å². The van der Waals surface area contributed by atoms with Crippen molar-refractivity contribution in [3.05, 3.63) is 224 Å². The molecule has 3 heteroatoms. The Morgan fingerprint density at radius 3 is 1.24 bits per heavy atom. The van der Waals surface area contributed by atoms with Crippen molar-refractivity contribution >= 4 is 53.9 Å². The van der Waals surface area contributed by atoms with E-state index in [1.807, 2.05) is 24.3 Å². The number of benzene rings is 11. The second-order valence-corrected chi connectivity index (χ2v) is 15.9. The van der Waals surface area contributed by atoms with E-state index in [1.165, 1.54) is 65.3 Å². The largest absolute Gasteiger partial charge is 0.208 e. The predicted molar refractivity (Wildman–Crippen MR) is 260 cm³/mol. The molecule has 0 aliphatic rings. The molecule has 11 aromatic carbocycles. The van der Waals surface area contributed by atoms with Crippen LogP contribution in [0.1, 0.15) is 0 Å². The van der Waals surface area contributed by atoms with E-state index >= 15 is 0 Å². The molecule has 0 amide bonds. The standard InChI is InChI=1S/C59H37N3/c1-3-18-38(19-4-1)40-23-17-24-42(36-40)58-60-57(39-20-5-2-6-21-39)61-59(62-58)53-35-34-52(45-27-10-11-28-46(45)53)55-48-30-13-15-32-50(48)56(51-33-16-14-31-49(51)55)54-37-41-22-7-8-25-43(41)44-26-9-12-29-47(44)54/h1-37H. The monoisotopic (exact) mass is 787 g/mol. The van der Waals surface area contributed by atoms with E-state index < -0.39 is 0 Å². The molecule has 0 N–H and O–H groups in total. The summed E-state index contributed by atoms with van der Waals surface area (Å²) in [6.45, 7) is 0. The highest BCUT2D eigenvalue weighted by atomic mass is 15.0. The smallest absolute Gasteiger partial charge is 0.164 e. The van der Waals surface area contributed by atoms with Crippen LogP contribution in [-0.4, -0.2) is 15.0 Å². The number of rotatable bonds is 6. The van der Waals surface area contributed by atoms with Crippen molar-refractivity contribution in [1.82, 2.24) is 15.0 Å². The van der Waals surface area contributed by atoms with E-state index in [9.17, 15) is 0 Å². The first kappa shape index (κ1) is 35.7. The molecule has 0 aliphatic heterocycles. The zero-order chi connectivity index (χ0) is 41.0. The van der Waals surface area contributed by atoms with Gasteiger partial charge < -0.3 is 0 Å². The molecule has 1 heterocycles. The lowest BCUT2D eigenvalue weighted by atomic mass is 9.82. The second-order valence-electron chi connectivity index (χ2n) is 15.9. The normalized spacial score (nSPS) is 11.5. The number of fused-ring (bicyclic) bond motifs is 6. The Hall–Kier alpha value is -8.27. The van der Waals surface area contributed by atoms with Gasteiger partial charge in [-0.05, 0) is 105 Å². The fourth-order valence-corrected chi connectivity index (χ4v) is 9.49. The Kier molecular flexibility index (Phi) is 8.50. The highest BCUT2D eigenvalue weighted by molar-refractivity contribution is 6.27. The Labute approximate surface area is 359 Å². The first-order chi connectivity index (χ1) is 30.8. The average molecular weight is 788 g/mol. The number of hydrogen-bond donors (Lipinski definition) is 0. The third-order valence-electron chi connectivity index (χ3n) is 12.3. The number of nitrogens with zero attached hydrogens (tertiary/aromatic N) is 3. The molecular formula is C59H37N3. The summed E-state index contributed by atoms with van der Waals surface area (Å²) in [7, 11) is 0. The summed E-state index contributed by atoms with van der Waals surface area (Å²) in [4.78, 5) is 15.6. The molecule has 0 aliphatic carbocycles. The molecule has 0 saturated carbocycles. The van der Waals surface area contributed by atoms with Crippen molar-refractivity contribution in [2.24, 2.45) is 0 Å². The van der Waals surface area contributed by atoms with Gasteiger partial charge in [0.2, 0.25) is 0 Å². The molecule has 288 valence electrons. The molecule has 0 fully saturated rings. The molecule has 0 radical (unpaired) electrons. The van der Waals surface area contributed by atoms with Crippen LogP contribution in [0.2, 0.25) is 0 Å². The van der Waals surface area contributed by atoms with Gasteiger partial charge in [0, 0.05) is 16.7 Å². The fourth-order valence-electron chi connectivity index (χ4n) is 9.49. The molecule has 0 bridgehead atoms. The first-order valence-corrected chi connectivity index (χ1v) is 21.1. The number of hydrogen-bond acceptors (Lipinski definition) is 3. The number of aromatic nitrogens is 3. The Bertz CT molecular complexity index is 3630. The summed E-state index contributed by atoms with van der Waals surface area (Å²) in [5.74, 6) is 1.90. The molecule has 0 spiro atoms. The third kappa shape index (κ3) is 5.94. The van der Waals surface area contributed by atoms with Gasteiger partial charge >= 0.3 is 0 Å². The van der Waals surface area contributed by atoms with E-state index in [2.05, 4.69) is 200 Å². The first-order valence-electron chi connectivity index (χ1n) is 21.1. The van der Waals surface area contributed by atoms with Gasteiger partial charge in [-0.1, -0.05) is 206 Å². The Balaban J connectivity index is 1.09. The average Bonchev–Trinajstić information content (AvgIpc) is 3.35. The molecule has 0 saturated heterocycles. The van der Waals surface area contributed by atoms with Crippen LogP contribution in [0.25, 0.3) is 121 Å². The van der Waals surface area contributed by atoms with E-state index in [1.54, 1.807) is 0 Å². The van der Waals surface area contributed by atoms with Gasteiger partial charge in [-0.3, -0.25) is 0 Å². The van der Waals surface area contributed by atoms with Crippen LogP contribution < -0.4 is 0 Å². The van der Waals surface area contributed by atoms with Crippen molar-refractivity contribution in [3.63, 3.8) is 0 Å². The molecule has 12 aromatic rings. The van der Waals surface area contributed by atoms with Gasteiger partial charge in [0.05, 0.1) is 0 Å². The van der Waals surface area contributed by atoms with Gasteiger partial charge in [-0.2, -0.15) is 0 Å². The van der Waals surface area contributed by atoms with Crippen LogP contribution in [0.4, 0.5) is 0 Å². The Morgan fingerprint density at radius 2 is 0.613 bits per heavy atom. The molecule has 0 atom stereocenters. The molecule has 12 rings (SSSR count). The minimum Gasteiger partial charge on any atom is -0.208 e. The van der Waals surface area contributed by atoms with Crippen molar-refractivity contribution in [1.29, 1.82) is 0 Å². The zero-order valence-electron chi connectivity index (χ0n) is 33.7. The summed E-state index contributed by atoms with van der Waals surface area (Å²) in [6, 6.07) is 80.1. The van der Waals surface area contributed by atoms with Crippen LogP contribution in [0.3, 0.4) is 0 Å². The molecule has 62 heavy (non-hydrogen) atoms. The van der Waals surface area contributed by atoms with E-state index in [0.717, 1.165) is 38.6 Å². The van der Waals surface area contributed by atoms with Gasteiger partial charge in [0.15, 0.2) is 17.5 Å². The van der Waals surface area contributed by atoms with Gasteiger partial charge in [-0.25, -0.2) is 15.0 Å². The molecule has 1 aromatic heterocycles. The van der Waals surface area contributed by atoms with E-state index in [0.29, 0.717) is 17.5 Å². The van der Waals surface area contributed by atoms with Crippen molar-refractivity contribution in [3.8, 4) is 67.5 Å². The van der Waals surface area contributed by atoms with E-state index in [-0.39, 0.29) is 0 Å². The van der Waals surface area contributed by atoms with Gasteiger partial charge in [0.1, 0.15) is 0 Å². The van der Waals surface area contributed by atoms with Crippen LogP contribution in [0.5, 0.6) is 0 Å². The van der Waals surface area contributed by atoms with Crippen LogP contribution >= 0.6 is 0 Å². The van der Waals surface area contributed by atoms with Gasteiger partial charge in [-0.15, -0.1) is 0 Å². The summed E-state index contributed by atoms with van der Waals surface area (Å²) >= 11 is 0. The predicted octanol–water partition coefficient (Wildman–Crippen LogP) is 15.6. The summed E-state index contributed by atoms with van der Waals surface area (Å²) in [5, 5.41) is 12.1. The highest BCUT2D eigenvalue weighted by Crippen LogP contribution is 2.48. The molecule has 0 unspecified atom stereocenters. The van der Waals surface area contributed by atoms with Gasteiger partial charge in [0.25, 0.3) is 0 Å². The van der Waals surface area contributed by atoms with Crippen molar-refractivity contribution in [2.75, 3.05) is 0 Å². The lowest BCUT2D eigenvalue weighted by Gasteiger charge is -2.21. The molecule has 3 nitrogen and oxygen atoms in total.